The van der Waals surface area contributed by atoms with Gasteiger partial charge in [-0.3, -0.25) is 9.36 Å². The molecule has 20 heteroatoms. The first-order valence-electron chi connectivity index (χ1n) is 22.9. The molecule has 1 N–H and O–H groups in total. The molecule has 1 fully saturated rings. The van der Waals surface area contributed by atoms with Crippen molar-refractivity contribution < 1.29 is 46.1 Å². The zero-order valence-corrected chi connectivity index (χ0v) is 41.1. The van der Waals surface area contributed by atoms with E-state index < -0.39 is 48.2 Å². The lowest BCUT2D eigenvalue weighted by atomic mass is 9.80. The molecule has 0 saturated carbocycles. The van der Waals surface area contributed by atoms with E-state index in [2.05, 4.69) is 25.6 Å². The largest absolute Gasteiger partial charge is 0.497 e. The standard InChI is InChI=1S/C53H46F3N8O7PS/c1-66-40-24-19-37(20-25-40)52(36-17-11-6-12-18-36,38-21-26-41(67-2)27-22-38)68-31-45-44(70-72(3,73)71-64-43-29-39(53(54,55)56)23-28-42(43)61-62-64)30-46(69-45)63-33-59-48-49(57-32-58-50(48)63)60-51(65)47(34-13-7-4-8-14-34)35-15-9-5-10-16-35/h4-29,32-33,44-47H,30-31H2,1-3H3,(H,57,58,60,65)/t44-,45+,46+,72?/m0/s1. The van der Waals surface area contributed by atoms with Crippen LogP contribution < -0.4 is 19.4 Å². The van der Waals surface area contributed by atoms with Gasteiger partial charge in [-0.05, 0) is 87.3 Å². The monoisotopic (exact) mass is 1030 g/mol. The number of benzene rings is 6. The molecule has 73 heavy (non-hydrogen) atoms. The Bertz CT molecular complexity index is 3320. The van der Waals surface area contributed by atoms with E-state index in [0.717, 1.165) is 44.8 Å². The number of nitrogens with zero attached hydrogens (tertiary/aromatic N) is 7. The fraction of sp³-hybridized carbons (Fsp3) is 0.208. The highest BCUT2D eigenvalue weighted by Crippen LogP contribution is 2.49. The summed E-state index contributed by atoms with van der Waals surface area (Å²) in [4.78, 5) is 28.9. The fourth-order valence-electron chi connectivity index (χ4n) is 9.08. The van der Waals surface area contributed by atoms with Gasteiger partial charge >= 0.3 is 6.18 Å². The van der Waals surface area contributed by atoms with Gasteiger partial charge in [0.05, 0.1) is 44.7 Å². The molecule has 1 saturated heterocycles. The number of carbonyl (C=O) groups is 1. The number of fused-ring (bicyclic) bond motifs is 2. The van der Waals surface area contributed by atoms with Crippen LogP contribution in [-0.2, 0) is 42.4 Å². The molecule has 372 valence electrons. The van der Waals surface area contributed by atoms with Crippen LogP contribution in [0.25, 0.3) is 22.2 Å². The zero-order chi connectivity index (χ0) is 50.7. The number of hydrogen-bond donors (Lipinski definition) is 1. The quantitative estimate of drug-likeness (QED) is 0.0679. The van der Waals surface area contributed by atoms with Gasteiger partial charge in [0, 0.05) is 13.1 Å². The molecule has 1 unspecified atom stereocenters. The molecule has 9 aromatic rings. The molecule has 1 aliphatic heterocycles. The lowest BCUT2D eigenvalue weighted by Gasteiger charge is -2.37. The molecule has 1 aliphatic rings. The third-order valence-corrected chi connectivity index (χ3v) is 14.1. The molecule has 1 amide bonds. The number of methoxy groups -OCH3 is 2. The number of hydrogen-bond acceptors (Lipinski definition) is 13. The first-order chi connectivity index (χ1) is 35.3. The smallest absolute Gasteiger partial charge is 0.416 e. The second-order valence-corrected chi connectivity index (χ2v) is 21.0. The summed E-state index contributed by atoms with van der Waals surface area (Å²) in [6.07, 6.45) is -4.16. The van der Waals surface area contributed by atoms with Crippen LogP contribution in [0, 0.1) is 0 Å². The molecule has 0 radical (unpaired) electrons. The molecule has 0 bridgehead atoms. The van der Waals surface area contributed by atoms with E-state index >= 15 is 0 Å². The molecule has 0 aliphatic carbocycles. The summed E-state index contributed by atoms with van der Waals surface area (Å²) in [5.74, 6) is 0.491. The highest BCUT2D eigenvalue weighted by molar-refractivity contribution is 8.09. The van der Waals surface area contributed by atoms with Gasteiger partial charge in [-0.1, -0.05) is 120 Å². The van der Waals surface area contributed by atoms with Crippen molar-refractivity contribution in [2.24, 2.45) is 0 Å². The number of aromatic nitrogens is 7. The number of nitrogens with one attached hydrogen (secondary N) is 1. The average Bonchev–Trinajstić information content (AvgIpc) is 4.14. The van der Waals surface area contributed by atoms with E-state index in [1.807, 2.05) is 140 Å². The first kappa shape index (κ1) is 49.1. The highest BCUT2D eigenvalue weighted by Gasteiger charge is 2.45. The van der Waals surface area contributed by atoms with Crippen molar-refractivity contribution in [2.75, 3.05) is 32.8 Å². The SMILES string of the molecule is COc1ccc(C(OC[C@H]2O[C@@H](n3cnc4c(NC(=O)C(c5ccccc5)c5ccccc5)ncnc43)C[C@@H]2OP(C)(=S)On2nnc3ccc(C(F)(F)F)cc32)(c2ccccc2)c2ccc(OC)cc2)cc1. The van der Waals surface area contributed by atoms with Crippen LogP contribution in [0.15, 0.2) is 170 Å². The van der Waals surface area contributed by atoms with E-state index in [4.69, 9.17) is 44.9 Å². The van der Waals surface area contributed by atoms with Crippen LogP contribution >= 0.6 is 6.49 Å². The predicted molar refractivity (Wildman–Crippen MR) is 270 cm³/mol. The first-order valence-corrected chi connectivity index (χ1v) is 26.0. The summed E-state index contributed by atoms with van der Waals surface area (Å²) >= 11 is 6.01. The maximum absolute atomic E-state index is 14.3. The van der Waals surface area contributed by atoms with Gasteiger partial charge < -0.3 is 33.4 Å². The van der Waals surface area contributed by atoms with E-state index in [9.17, 15) is 18.0 Å². The van der Waals surface area contributed by atoms with Crippen molar-refractivity contribution in [1.29, 1.82) is 0 Å². The Morgan fingerprint density at radius 2 is 1.36 bits per heavy atom. The van der Waals surface area contributed by atoms with Gasteiger partial charge in [0.15, 0.2) is 17.0 Å². The molecule has 15 nitrogen and oxygen atoms in total. The molecule has 0 spiro atoms. The van der Waals surface area contributed by atoms with Gasteiger partial charge in [0.2, 0.25) is 5.91 Å². The lowest BCUT2D eigenvalue weighted by molar-refractivity contribution is -0.137. The number of imidazole rings is 1. The third-order valence-electron chi connectivity index (χ3n) is 12.6. The van der Waals surface area contributed by atoms with Crippen LogP contribution in [0.5, 0.6) is 11.5 Å². The Labute approximate surface area is 422 Å². The lowest BCUT2D eigenvalue weighted by Crippen LogP contribution is -2.38. The van der Waals surface area contributed by atoms with Crippen LogP contribution in [0.4, 0.5) is 19.0 Å². The average molecular weight is 1030 g/mol. The fourth-order valence-corrected chi connectivity index (χ4v) is 10.8. The maximum Gasteiger partial charge on any atom is 0.416 e. The van der Waals surface area contributed by atoms with Gasteiger partial charge in [0.25, 0.3) is 6.49 Å². The van der Waals surface area contributed by atoms with Gasteiger partial charge in [-0.2, -0.15) is 13.2 Å². The highest BCUT2D eigenvalue weighted by atomic mass is 32.5. The molecular formula is C53H46F3N8O7PS. The minimum Gasteiger partial charge on any atom is -0.497 e. The van der Waals surface area contributed by atoms with Crippen molar-refractivity contribution in [1.82, 2.24) is 34.7 Å². The number of ether oxygens (including phenoxy) is 4. The number of carbonyl (C=O) groups excluding carboxylic acids is 1. The number of halogens is 3. The van der Waals surface area contributed by atoms with Crippen LogP contribution in [-0.4, -0.2) is 80.3 Å². The normalized spacial score (nSPS) is 16.9. The molecule has 4 atom stereocenters. The molecular weight excluding hydrogens is 981 g/mol. The van der Waals surface area contributed by atoms with Crippen molar-refractivity contribution >= 4 is 52.2 Å². The van der Waals surface area contributed by atoms with Crippen LogP contribution in [0.3, 0.4) is 0 Å². The van der Waals surface area contributed by atoms with Crippen LogP contribution in [0.1, 0.15) is 51.9 Å². The summed E-state index contributed by atoms with van der Waals surface area (Å²) in [5.41, 5.74) is 2.51. The number of alkyl halides is 3. The summed E-state index contributed by atoms with van der Waals surface area (Å²) in [7, 11) is 3.19. The summed E-state index contributed by atoms with van der Waals surface area (Å²) < 4.78 is 81.4. The number of anilines is 1. The Hall–Kier alpha value is -7.54. The number of rotatable bonds is 17. The summed E-state index contributed by atoms with van der Waals surface area (Å²) in [6.45, 7) is -2.03. The van der Waals surface area contributed by atoms with Gasteiger partial charge in [-0.25, -0.2) is 15.0 Å². The van der Waals surface area contributed by atoms with Crippen molar-refractivity contribution in [3.63, 3.8) is 0 Å². The van der Waals surface area contributed by atoms with Crippen molar-refractivity contribution in [3.8, 4) is 11.5 Å². The van der Waals surface area contributed by atoms with Gasteiger partial charge in [0.1, 0.15) is 46.8 Å². The van der Waals surface area contributed by atoms with E-state index in [-0.39, 0.29) is 35.8 Å². The minimum atomic E-state index is -4.64. The predicted octanol–water partition coefficient (Wildman–Crippen LogP) is 10.1. The second-order valence-electron chi connectivity index (χ2n) is 17.1. The van der Waals surface area contributed by atoms with E-state index in [1.165, 1.54) is 12.4 Å². The number of amides is 1. The van der Waals surface area contributed by atoms with Crippen molar-refractivity contribution in [2.45, 2.75) is 42.6 Å². The minimum absolute atomic E-state index is 0.0483. The molecule has 10 rings (SSSR count). The topological polar surface area (TPSA) is 159 Å². The second kappa shape index (κ2) is 20.5. The zero-order valence-electron chi connectivity index (χ0n) is 39.4. The Morgan fingerprint density at radius 3 is 1.95 bits per heavy atom. The Morgan fingerprint density at radius 1 is 0.781 bits per heavy atom. The molecule has 6 aromatic carbocycles. The maximum atomic E-state index is 14.3. The summed E-state index contributed by atoms with van der Waals surface area (Å²) in [5, 5.41) is 11.0. The van der Waals surface area contributed by atoms with Gasteiger partial charge in [-0.15, -0.1) is 5.10 Å². The van der Waals surface area contributed by atoms with Crippen LogP contribution in [0.2, 0.25) is 0 Å². The third kappa shape index (κ3) is 10.1. The summed E-state index contributed by atoms with van der Waals surface area (Å²) in [6, 6.07) is 46.8. The van der Waals surface area contributed by atoms with Crippen molar-refractivity contribution in [3.05, 3.63) is 204 Å². The van der Waals surface area contributed by atoms with E-state index in [1.54, 1.807) is 31.8 Å². The Kier molecular flexibility index (Phi) is 13.8. The van der Waals surface area contributed by atoms with E-state index in [0.29, 0.717) is 22.7 Å². The molecule has 4 heterocycles. The molecule has 3 aromatic heterocycles. The Balaban J connectivity index is 1.01.